The summed E-state index contributed by atoms with van der Waals surface area (Å²) in [5, 5.41) is 0. The molecule has 1 aliphatic rings. The smallest absolute Gasteiger partial charge is 0.119 e. The van der Waals surface area contributed by atoms with Crippen molar-refractivity contribution in [3.05, 3.63) is 29.8 Å². The molecule has 1 aromatic rings. The van der Waals surface area contributed by atoms with Crippen molar-refractivity contribution in [1.29, 1.82) is 0 Å². The van der Waals surface area contributed by atoms with Gasteiger partial charge < -0.3 is 10.5 Å². The number of ether oxygens (including phenoxy) is 1. The van der Waals surface area contributed by atoms with Gasteiger partial charge in [0.25, 0.3) is 0 Å². The molecule has 0 aromatic heterocycles. The summed E-state index contributed by atoms with van der Waals surface area (Å²) in [6.45, 7) is 5.77. The lowest BCUT2D eigenvalue weighted by molar-refractivity contribution is 0.146. The highest BCUT2D eigenvalue weighted by Gasteiger charge is 2.43. The van der Waals surface area contributed by atoms with E-state index in [1.165, 1.54) is 18.4 Å². The van der Waals surface area contributed by atoms with Gasteiger partial charge in [0.05, 0.1) is 6.61 Å². The molecule has 0 radical (unpaired) electrons. The summed E-state index contributed by atoms with van der Waals surface area (Å²) in [4.78, 5) is 0. The van der Waals surface area contributed by atoms with Crippen LogP contribution in [0.15, 0.2) is 24.3 Å². The van der Waals surface area contributed by atoms with Crippen LogP contribution in [0.4, 0.5) is 0 Å². The molecular formula is C14H21NO. The Balaban J connectivity index is 2.20. The van der Waals surface area contributed by atoms with Gasteiger partial charge in [-0.3, -0.25) is 0 Å². The third-order valence-electron chi connectivity index (χ3n) is 4.07. The van der Waals surface area contributed by atoms with Crippen molar-refractivity contribution in [3.63, 3.8) is 0 Å². The minimum Gasteiger partial charge on any atom is -0.494 e. The maximum Gasteiger partial charge on any atom is 0.119 e. The lowest BCUT2D eigenvalue weighted by Gasteiger charge is -2.48. The van der Waals surface area contributed by atoms with E-state index >= 15 is 0 Å². The topological polar surface area (TPSA) is 35.2 Å². The second-order valence-corrected chi connectivity index (χ2v) is 4.76. The molecule has 0 spiro atoms. The highest BCUT2D eigenvalue weighted by molar-refractivity contribution is 5.35. The van der Waals surface area contributed by atoms with Gasteiger partial charge in [0.15, 0.2) is 0 Å². The average molecular weight is 219 g/mol. The van der Waals surface area contributed by atoms with Gasteiger partial charge in [-0.2, -0.15) is 0 Å². The van der Waals surface area contributed by atoms with Crippen LogP contribution >= 0.6 is 0 Å². The third kappa shape index (κ3) is 1.71. The lowest BCUT2D eigenvalue weighted by atomic mass is 9.57. The number of rotatable bonds is 4. The fourth-order valence-corrected chi connectivity index (χ4v) is 2.68. The van der Waals surface area contributed by atoms with Crippen LogP contribution in [0.25, 0.3) is 0 Å². The predicted molar refractivity (Wildman–Crippen MR) is 66.7 cm³/mol. The monoisotopic (exact) mass is 219 g/mol. The average Bonchev–Trinajstić information content (AvgIpc) is 2.31. The maximum atomic E-state index is 5.96. The largest absolute Gasteiger partial charge is 0.494 e. The van der Waals surface area contributed by atoms with Crippen LogP contribution in [0.1, 0.15) is 32.3 Å². The zero-order chi connectivity index (χ0) is 11.6. The second-order valence-electron chi connectivity index (χ2n) is 4.76. The van der Waals surface area contributed by atoms with Gasteiger partial charge in [-0.15, -0.1) is 0 Å². The molecule has 1 saturated carbocycles. The first kappa shape index (κ1) is 11.5. The summed E-state index contributed by atoms with van der Waals surface area (Å²) in [6, 6.07) is 8.46. The molecule has 1 aliphatic carbocycles. The minimum absolute atomic E-state index is 0.227. The van der Waals surface area contributed by atoms with Crippen molar-refractivity contribution in [3.8, 4) is 5.75 Å². The van der Waals surface area contributed by atoms with Crippen molar-refractivity contribution in [1.82, 2.24) is 0 Å². The number of hydrogen-bond acceptors (Lipinski definition) is 2. The van der Waals surface area contributed by atoms with E-state index < -0.39 is 0 Å². The van der Waals surface area contributed by atoms with Crippen LogP contribution in [-0.2, 0) is 5.41 Å². The van der Waals surface area contributed by atoms with Crippen LogP contribution in [0.5, 0.6) is 5.75 Å². The Bertz CT molecular complexity index is 342. The Morgan fingerprint density at radius 1 is 1.38 bits per heavy atom. The van der Waals surface area contributed by atoms with E-state index in [2.05, 4.69) is 31.2 Å². The van der Waals surface area contributed by atoms with Gasteiger partial charge in [0.2, 0.25) is 0 Å². The second kappa shape index (κ2) is 4.46. The van der Waals surface area contributed by atoms with Crippen molar-refractivity contribution < 1.29 is 4.74 Å². The standard InChI is InChI=1S/C14H21NO/c1-3-16-13-6-4-12(5-7-13)14(10-15)9-8-11(14)2/h4-7,11H,3,8-10,15H2,1-2H3. The van der Waals surface area contributed by atoms with Crippen LogP contribution < -0.4 is 10.5 Å². The quantitative estimate of drug-likeness (QED) is 0.845. The molecule has 16 heavy (non-hydrogen) atoms. The zero-order valence-corrected chi connectivity index (χ0v) is 10.2. The molecule has 0 heterocycles. The summed E-state index contributed by atoms with van der Waals surface area (Å²) < 4.78 is 5.45. The molecule has 0 saturated heterocycles. The fraction of sp³-hybridized carbons (Fsp3) is 0.571. The molecule has 2 unspecified atom stereocenters. The molecule has 2 rings (SSSR count). The van der Waals surface area contributed by atoms with Crippen molar-refractivity contribution in [2.75, 3.05) is 13.2 Å². The lowest BCUT2D eigenvalue weighted by Crippen LogP contribution is -2.48. The summed E-state index contributed by atoms with van der Waals surface area (Å²) in [6.07, 6.45) is 2.52. The Labute approximate surface area is 97.8 Å². The minimum atomic E-state index is 0.227. The van der Waals surface area contributed by atoms with E-state index in [9.17, 15) is 0 Å². The Morgan fingerprint density at radius 3 is 2.44 bits per heavy atom. The zero-order valence-electron chi connectivity index (χ0n) is 10.2. The Hall–Kier alpha value is -1.02. The molecule has 0 amide bonds. The predicted octanol–water partition coefficient (Wildman–Crippen LogP) is 2.71. The van der Waals surface area contributed by atoms with Gasteiger partial charge in [-0.25, -0.2) is 0 Å². The van der Waals surface area contributed by atoms with Crippen LogP contribution in [-0.4, -0.2) is 13.2 Å². The summed E-state index contributed by atoms with van der Waals surface area (Å²) in [7, 11) is 0. The van der Waals surface area contributed by atoms with Crippen LogP contribution in [0.3, 0.4) is 0 Å². The Kier molecular flexibility index (Phi) is 3.20. The molecule has 2 heteroatoms. The molecule has 2 atom stereocenters. The maximum absolute atomic E-state index is 5.96. The van der Waals surface area contributed by atoms with Gasteiger partial charge in [-0.1, -0.05) is 19.1 Å². The highest BCUT2D eigenvalue weighted by Crippen LogP contribution is 2.47. The SMILES string of the molecule is CCOc1ccc(C2(CN)CCC2C)cc1. The normalized spacial score (nSPS) is 28.6. The van der Waals surface area contributed by atoms with Crippen LogP contribution in [0, 0.1) is 5.92 Å². The molecule has 88 valence electrons. The number of benzene rings is 1. The van der Waals surface area contributed by atoms with Gasteiger partial charge in [0, 0.05) is 12.0 Å². The molecule has 1 aromatic carbocycles. The molecule has 2 nitrogen and oxygen atoms in total. The third-order valence-corrected chi connectivity index (χ3v) is 4.07. The van der Waals surface area contributed by atoms with E-state index in [-0.39, 0.29) is 5.41 Å². The van der Waals surface area contributed by atoms with E-state index in [0.29, 0.717) is 5.92 Å². The number of hydrogen-bond donors (Lipinski definition) is 1. The van der Waals surface area contributed by atoms with Crippen molar-refractivity contribution in [2.45, 2.75) is 32.1 Å². The summed E-state index contributed by atoms with van der Waals surface area (Å²) >= 11 is 0. The highest BCUT2D eigenvalue weighted by atomic mass is 16.5. The molecule has 2 N–H and O–H groups in total. The van der Waals surface area contributed by atoms with E-state index in [0.717, 1.165) is 18.9 Å². The Morgan fingerprint density at radius 2 is 2.06 bits per heavy atom. The van der Waals surface area contributed by atoms with Crippen LogP contribution in [0.2, 0.25) is 0 Å². The van der Waals surface area contributed by atoms with E-state index in [1.807, 2.05) is 6.92 Å². The summed E-state index contributed by atoms with van der Waals surface area (Å²) in [5.41, 5.74) is 7.56. The first-order valence-corrected chi connectivity index (χ1v) is 6.16. The van der Waals surface area contributed by atoms with Crippen molar-refractivity contribution >= 4 is 0 Å². The van der Waals surface area contributed by atoms with Gasteiger partial charge >= 0.3 is 0 Å². The van der Waals surface area contributed by atoms with Crippen molar-refractivity contribution in [2.24, 2.45) is 11.7 Å². The fourth-order valence-electron chi connectivity index (χ4n) is 2.68. The molecule has 1 fully saturated rings. The molecule has 0 aliphatic heterocycles. The first-order valence-electron chi connectivity index (χ1n) is 6.16. The molecular weight excluding hydrogens is 198 g/mol. The first-order chi connectivity index (χ1) is 7.73. The molecule has 0 bridgehead atoms. The van der Waals surface area contributed by atoms with E-state index in [4.69, 9.17) is 10.5 Å². The van der Waals surface area contributed by atoms with Gasteiger partial charge in [0.1, 0.15) is 5.75 Å². The van der Waals surface area contributed by atoms with E-state index in [1.54, 1.807) is 0 Å². The summed E-state index contributed by atoms with van der Waals surface area (Å²) in [5.74, 6) is 1.65. The number of nitrogens with two attached hydrogens (primary N) is 1. The van der Waals surface area contributed by atoms with Gasteiger partial charge in [-0.05, 0) is 43.4 Å².